The van der Waals surface area contributed by atoms with Crippen molar-refractivity contribution < 1.29 is 14.3 Å². The Hall–Kier alpha value is -1.81. The fraction of sp³-hybridized carbons (Fsp3) is 0.471. The maximum Gasteiger partial charge on any atom is 0.227 e. The van der Waals surface area contributed by atoms with E-state index in [2.05, 4.69) is 0 Å². The molecule has 1 amide bonds. The molecular weight excluding hydrogens is 266 g/mol. The van der Waals surface area contributed by atoms with Gasteiger partial charge in [0.15, 0.2) is 0 Å². The fourth-order valence-corrected chi connectivity index (χ4v) is 2.84. The Morgan fingerprint density at radius 2 is 2.10 bits per heavy atom. The highest BCUT2D eigenvalue weighted by molar-refractivity contribution is 5.88. The number of fused-ring (bicyclic) bond motifs is 1. The van der Waals surface area contributed by atoms with Gasteiger partial charge in [0, 0.05) is 24.0 Å². The molecule has 2 aromatic rings. The third kappa shape index (κ3) is 2.95. The molecule has 1 saturated heterocycles. The summed E-state index contributed by atoms with van der Waals surface area (Å²) in [5.41, 5.74) is 2.29. The molecule has 1 aliphatic rings. The van der Waals surface area contributed by atoms with E-state index in [1.807, 2.05) is 36.9 Å². The van der Waals surface area contributed by atoms with Crippen molar-refractivity contribution in [3.63, 3.8) is 0 Å². The van der Waals surface area contributed by atoms with Crippen molar-refractivity contribution in [1.82, 2.24) is 4.90 Å². The number of nitrogens with zero attached hydrogens (tertiary/aromatic N) is 1. The minimum Gasteiger partial charge on any atom is -0.464 e. The topological polar surface area (TPSA) is 53.7 Å². The Bertz CT molecular complexity index is 662. The minimum atomic E-state index is -0.628. The van der Waals surface area contributed by atoms with E-state index < -0.39 is 5.60 Å². The van der Waals surface area contributed by atoms with E-state index in [9.17, 15) is 9.90 Å². The first-order chi connectivity index (χ1) is 9.94. The van der Waals surface area contributed by atoms with Crippen molar-refractivity contribution in [3.8, 4) is 0 Å². The highest BCUT2D eigenvalue weighted by atomic mass is 16.3. The molecule has 0 unspecified atom stereocenters. The number of hydrogen-bond donors (Lipinski definition) is 1. The highest BCUT2D eigenvalue weighted by Crippen LogP contribution is 2.25. The van der Waals surface area contributed by atoms with Crippen LogP contribution in [0.3, 0.4) is 0 Å². The molecule has 2 heterocycles. The van der Waals surface area contributed by atoms with E-state index in [-0.39, 0.29) is 5.91 Å². The number of furan rings is 1. The molecule has 0 spiro atoms. The Kier molecular flexibility index (Phi) is 3.49. The number of benzene rings is 1. The van der Waals surface area contributed by atoms with E-state index in [1.54, 1.807) is 6.26 Å². The lowest BCUT2D eigenvalue weighted by molar-refractivity contribution is -0.134. The molecule has 1 aliphatic heterocycles. The molecule has 1 aromatic heterocycles. The van der Waals surface area contributed by atoms with E-state index in [0.717, 1.165) is 22.1 Å². The molecule has 1 fully saturated rings. The van der Waals surface area contributed by atoms with Gasteiger partial charge in [-0.25, -0.2) is 0 Å². The number of likely N-dealkylation sites (tertiary alicyclic amines) is 1. The lowest BCUT2D eigenvalue weighted by atomic mass is 9.93. The van der Waals surface area contributed by atoms with Gasteiger partial charge in [0.25, 0.3) is 0 Å². The van der Waals surface area contributed by atoms with Crippen LogP contribution in [-0.4, -0.2) is 34.6 Å². The lowest BCUT2D eigenvalue weighted by Gasteiger charge is -2.35. The molecule has 0 radical (unpaired) electrons. The Morgan fingerprint density at radius 1 is 1.38 bits per heavy atom. The first kappa shape index (κ1) is 14.1. The van der Waals surface area contributed by atoms with Crippen molar-refractivity contribution in [2.45, 2.75) is 38.7 Å². The number of rotatable bonds is 2. The van der Waals surface area contributed by atoms with Gasteiger partial charge in [-0.05, 0) is 38.3 Å². The zero-order valence-corrected chi connectivity index (χ0v) is 12.6. The molecule has 21 heavy (non-hydrogen) atoms. The number of aliphatic hydroxyl groups is 1. The second-order valence-corrected chi connectivity index (χ2v) is 6.32. The van der Waals surface area contributed by atoms with Gasteiger partial charge in [0.2, 0.25) is 5.91 Å². The van der Waals surface area contributed by atoms with Crippen molar-refractivity contribution >= 4 is 16.9 Å². The van der Waals surface area contributed by atoms with Gasteiger partial charge in [-0.15, -0.1) is 0 Å². The van der Waals surface area contributed by atoms with Crippen LogP contribution in [0.2, 0.25) is 0 Å². The summed E-state index contributed by atoms with van der Waals surface area (Å²) in [4.78, 5) is 14.2. The standard InChI is InChI=1S/C17H21NO3/c1-12-3-4-14-13(11-21-15(14)9-12)10-16(19)18-7-5-17(2,20)6-8-18/h3-4,9,11,20H,5-8,10H2,1-2H3. The van der Waals surface area contributed by atoms with E-state index in [1.165, 1.54) is 0 Å². The van der Waals surface area contributed by atoms with Crippen molar-refractivity contribution in [2.24, 2.45) is 0 Å². The summed E-state index contributed by atoms with van der Waals surface area (Å²) in [6, 6.07) is 6.03. The van der Waals surface area contributed by atoms with Crippen LogP contribution in [0.4, 0.5) is 0 Å². The summed E-state index contributed by atoms with van der Waals surface area (Å²) >= 11 is 0. The van der Waals surface area contributed by atoms with Gasteiger partial charge < -0.3 is 14.4 Å². The Morgan fingerprint density at radius 3 is 2.81 bits per heavy atom. The minimum absolute atomic E-state index is 0.105. The SMILES string of the molecule is Cc1ccc2c(CC(=O)N3CCC(C)(O)CC3)coc2c1. The summed E-state index contributed by atoms with van der Waals surface area (Å²) in [7, 11) is 0. The lowest BCUT2D eigenvalue weighted by Crippen LogP contribution is -2.45. The summed E-state index contributed by atoms with van der Waals surface area (Å²) < 4.78 is 5.54. The number of carbonyl (C=O) groups is 1. The molecule has 1 aromatic carbocycles. The van der Waals surface area contributed by atoms with Crippen LogP contribution in [0.5, 0.6) is 0 Å². The van der Waals surface area contributed by atoms with E-state index in [0.29, 0.717) is 32.4 Å². The van der Waals surface area contributed by atoms with Gasteiger partial charge in [-0.2, -0.15) is 0 Å². The predicted molar refractivity (Wildman–Crippen MR) is 81.1 cm³/mol. The largest absolute Gasteiger partial charge is 0.464 e. The molecular formula is C17H21NO3. The zero-order chi connectivity index (χ0) is 15.0. The number of hydrogen-bond acceptors (Lipinski definition) is 3. The Balaban J connectivity index is 1.72. The molecule has 1 N–H and O–H groups in total. The third-order valence-corrected chi connectivity index (χ3v) is 4.35. The van der Waals surface area contributed by atoms with Crippen LogP contribution in [0.25, 0.3) is 11.0 Å². The average Bonchev–Trinajstić information content (AvgIpc) is 2.80. The van der Waals surface area contributed by atoms with Crippen LogP contribution < -0.4 is 0 Å². The van der Waals surface area contributed by atoms with Gasteiger partial charge in [0.1, 0.15) is 5.58 Å². The molecule has 112 valence electrons. The average molecular weight is 287 g/mol. The monoisotopic (exact) mass is 287 g/mol. The van der Waals surface area contributed by atoms with Gasteiger partial charge in [-0.3, -0.25) is 4.79 Å². The molecule has 0 atom stereocenters. The second-order valence-electron chi connectivity index (χ2n) is 6.32. The van der Waals surface area contributed by atoms with Crippen LogP contribution in [-0.2, 0) is 11.2 Å². The number of amides is 1. The molecule has 4 heteroatoms. The zero-order valence-electron chi connectivity index (χ0n) is 12.6. The van der Waals surface area contributed by atoms with Gasteiger partial charge in [-0.1, -0.05) is 12.1 Å². The van der Waals surface area contributed by atoms with Crippen molar-refractivity contribution in [2.75, 3.05) is 13.1 Å². The third-order valence-electron chi connectivity index (χ3n) is 4.35. The summed E-state index contributed by atoms with van der Waals surface area (Å²) in [6.07, 6.45) is 3.33. The molecule has 4 nitrogen and oxygen atoms in total. The number of piperidine rings is 1. The van der Waals surface area contributed by atoms with E-state index >= 15 is 0 Å². The number of aryl methyl sites for hydroxylation is 1. The molecule has 3 rings (SSSR count). The smallest absolute Gasteiger partial charge is 0.227 e. The van der Waals surface area contributed by atoms with Gasteiger partial charge in [0.05, 0.1) is 18.3 Å². The molecule has 0 bridgehead atoms. The van der Waals surface area contributed by atoms with Crippen LogP contribution in [0, 0.1) is 6.92 Å². The van der Waals surface area contributed by atoms with Gasteiger partial charge >= 0.3 is 0 Å². The molecule has 0 saturated carbocycles. The Labute approximate surface area is 124 Å². The highest BCUT2D eigenvalue weighted by Gasteiger charge is 2.29. The van der Waals surface area contributed by atoms with Crippen LogP contribution in [0.1, 0.15) is 30.9 Å². The van der Waals surface area contributed by atoms with Crippen LogP contribution >= 0.6 is 0 Å². The van der Waals surface area contributed by atoms with Crippen molar-refractivity contribution in [3.05, 3.63) is 35.6 Å². The summed E-state index contributed by atoms with van der Waals surface area (Å²) in [6.45, 7) is 5.11. The van der Waals surface area contributed by atoms with Crippen LogP contribution in [0.15, 0.2) is 28.9 Å². The fourth-order valence-electron chi connectivity index (χ4n) is 2.84. The maximum absolute atomic E-state index is 12.4. The summed E-state index contributed by atoms with van der Waals surface area (Å²) in [5, 5.41) is 11.0. The normalized spacial score (nSPS) is 18.1. The van der Waals surface area contributed by atoms with E-state index in [4.69, 9.17) is 4.42 Å². The molecule has 0 aliphatic carbocycles. The summed E-state index contributed by atoms with van der Waals surface area (Å²) in [5.74, 6) is 0.105. The maximum atomic E-state index is 12.4. The first-order valence-electron chi connectivity index (χ1n) is 7.41. The van der Waals surface area contributed by atoms with Crippen molar-refractivity contribution in [1.29, 1.82) is 0 Å². The predicted octanol–water partition coefficient (Wildman–Crippen LogP) is 2.66. The quantitative estimate of drug-likeness (QED) is 0.924. The first-order valence-corrected chi connectivity index (χ1v) is 7.41. The second kappa shape index (κ2) is 5.19. The number of carbonyl (C=O) groups excluding carboxylic acids is 1.